The Bertz CT molecular complexity index is 763. The lowest BCUT2D eigenvalue weighted by molar-refractivity contribution is 0.882. The first-order chi connectivity index (χ1) is 9.56. The second-order valence-corrected chi connectivity index (χ2v) is 6.54. The lowest BCUT2D eigenvalue weighted by Crippen LogP contribution is -2.01. The number of rotatable bonds is 2. The summed E-state index contributed by atoms with van der Waals surface area (Å²) in [5.41, 5.74) is 2.88. The van der Waals surface area contributed by atoms with Gasteiger partial charge in [-0.3, -0.25) is 4.57 Å². The van der Waals surface area contributed by atoms with Crippen molar-refractivity contribution in [3.8, 4) is 5.69 Å². The van der Waals surface area contributed by atoms with Crippen molar-refractivity contribution in [2.45, 2.75) is 12.3 Å². The van der Waals surface area contributed by atoms with Gasteiger partial charge in [0.25, 0.3) is 0 Å². The predicted octanol–water partition coefficient (Wildman–Crippen LogP) is 5.74. The second-order valence-electron chi connectivity index (χ2n) is 4.53. The maximum atomic E-state index is 6.28. The average molecular weight is 370 g/mol. The van der Waals surface area contributed by atoms with E-state index >= 15 is 0 Å². The van der Waals surface area contributed by atoms with Gasteiger partial charge < -0.3 is 0 Å². The summed E-state index contributed by atoms with van der Waals surface area (Å²) in [5.74, 6) is 0.811. The number of aromatic nitrogens is 2. The highest BCUT2D eigenvalue weighted by Gasteiger charge is 2.16. The highest BCUT2D eigenvalue weighted by molar-refractivity contribution is 9.10. The van der Waals surface area contributed by atoms with Gasteiger partial charge in [0.15, 0.2) is 0 Å². The molecule has 0 bridgehead atoms. The first-order valence-corrected chi connectivity index (χ1v) is 7.75. The smallest absolute Gasteiger partial charge is 0.132 e. The Morgan fingerprint density at radius 3 is 2.50 bits per heavy atom. The first-order valence-electron chi connectivity index (χ1n) is 6.14. The number of hydrogen-bond donors (Lipinski definition) is 0. The van der Waals surface area contributed by atoms with E-state index in [0.717, 1.165) is 27.0 Å². The van der Waals surface area contributed by atoms with Crippen LogP contribution in [-0.2, 0) is 0 Å². The molecule has 0 saturated heterocycles. The van der Waals surface area contributed by atoms with E-state index in [1.165, 1.54) is 0 Å². The van der Waals surface area contributed by atoms with E-state index in [-0.39, 0.29) is 5.38 Å². The third-order valence-corrected chi connectivity index (χ3v) is 4.04. The zero-order chi connectivity index (χ0) is 14.3. The van der Waals surface area contributed by atoms with Gasteiger partial charge in [-0.25, -0.2) is 4.98 Å². The molecule has 0 fully saturated rings. The maximum absolute atomic E-state index is 6.28. The monoisotopic (exact) mass is 368 g/mol. The minimum absolute atomic E-state index is 0.190. The summed E-state index contributed by atoms with van der Waals surface area (Å²) in [7, 11) is 0. The van der Waals surface area contributed by atoms with Gasteiger partial charge in [-0.15, -0.1) is 11.6 Å². The van der Waals surface area contributed by atoms with E-state index in [0.29, 0.717) is 5.02 Å². The van der Waals surface area contributed by atoms with E-state index in [4.69, 9.17) is 23.2 Å². The molecule has 1 atom stereocenters. The molecule has 0 radical (unpaired) electrons. The van der Waals surface area contributed by atoms with Gasteiger partial charge in [-0.1, -0.05) is 27.5 Å². The van der Waals surface area contributed by atoms with Crippen molar-refractivity contribution < 1.29 is 0 Å². The molecule has 2 nitrogen and oxygen atoms in total. The lowest BCUT2D eigenvalue weighted by Gasteiger charge is -2.10. The second kappa shape index (κ2) is 5.40. The topological polar surface area (TPSA) is 17.8 Å². The van der Waals surface area contributed by atoms with Crippen LogP contribution in [0.3, 0.4) is 0 Å². The molecule has 3 rings (SSSR count). The highest BCUT2D eigenvalue weighted by Crippen LogP contribution is 2.30. The fraction of sp³-hybridized carbons (Fsp3) is 0.133. The molecule has 0 aliphatic carbocycles. The maximum Gasteiger partial charge on any atom is 0.132 e. The van der Waals surface area contributed by atoms with Gasteiger partial charge in [-0.05, 0) is 49.4 Å². The van der Waals surface area contributed by atoms with Crippen molar-refractivity contribution in [1.29, 1.82) is 0 Å². The van der Waals surface area contributed by atoms with Crippen LogP contribution in [0.2, 0.25) is 5.02 Å². The van der Waals surface area contributed by atoms with Crippen LogP contribution < -0.4 is 0 Å². The van der Waals surface area contributed by atoms with E-state index in [9.17, 15) is 0 Å². The molecule has 0 N–H and O–H groups in total. The molecule has 0 aliphatic heterocycles. The molecule has 5 heteroatoms. The van der Waals surface area contributed by atoms with Crippen LogP contribution in [0.25, 0.3) is 16.7 Å². The molecular weight excluding hydrogens is 359 g/mol. The zero-order valence-electron chi connectivity index (χ0n) is 10.6. The van der Waals surface area contributed by atoms with E-state index < -0.39 is 0 Å². The number of halogens is 3. The molecule has 20 heavy (non-hydrogen) atoms. The Hall–Kier alpha value is -1.03. The molecule has 2 aromatic carbocycles. The minimum atomic E-state index is -0.190. The summed E-state index contributed by atoms with van der Waals surface area (Å²) < 4.78 is 3.10. The number of fused-ring (bicyclic) bond motifs is 1. The summed E-state index contributed by atoms with van der Waals surface area (Å²) in [6, 6.07) is 13.7. The number of alkyl halides is 1. The molecule has 0 spiro atoms. The van der Waals surface area contributed by atoms with Crippen LogP contribution in [0.1, 0.15) is 18.1 Å². The van der Waals surface area contributed by atoms with Gasteiger partial charge in [0, 0.05) is 15.2 Å². The molecular formula is C15H11BrCl2N2. The molecule has 1 unspecified atom stereocenters. The van der Waals surface area contributed by atoms with Gasteiger partial charge in [0.05, 0.1) is 16.4 Å². The Morgan fingerprint density at radius 2 is 1.85 bits per heavy atom. The third kappa shape index (κ3) is 2.46. The summed E-state index contributed by atoms with van der Waals surface area (Å²) >= 11 is 15.8. The van der Waals surface area contributed by atoms with Crippen molar-refractivity contribution in [2.24, 2.45) is 0 Å². The summed E-state index contributed by atoms with van der Waals surface area (Å²) in [5, 5.41) is 0.483. The van der Waals surface area contributed by atoms with Gasteiger partial charge in [0.1, 0.15) is 5.82 Å². The lowest BCUT2D eigenvalue weighted by atomic mass is 10.2. The van der Waals surface area contributed by atoms with Crippen LogP contribution in [0.5, 0.6) is 0 Å². The fourth-order valence-corrected chi connectivity index (χ4v) is 2.78. The van der Waals surface area contributed by atoms with Crippen molar-refractivity contribution in [3.05, 3.63) is 57.8 Å². The van der Waals surface area contributed by atoms with Crippen LogP contribution in [-0.4, -0.2) is 9.55 Å². The quantitative estimate of drug-likeness (QED) is 0.526. The molecule has 1 heterocycles. The first kappa shape index (κ1) is 13.9. The summed E-state index contributed by atoms with van der Waals surface area (Å²) in [4.78, 5) is 4.61. The largest absolute Gasteiger partial charge is 0.295 e. The molecule has 0 saturated carbocycles. The number of imidazole rings is 1. The van der Waals surface area contributed by atoms with Crippen LogP contribution in [0, 0.1) is 0 Å². The summed E-state index contributed by atoms with van der Waals surface area (Å²) in [6.07, 6.45) is 0. The molecule has 3 aromatic rings. The Balaban J connectivity index is 2.31. The van der Waals surface area contributed by atoms with E-state index in [1.807, 2.05) is 49.4 Å². The standard InChI is InChI=1S/C15H11BrCl2N2/c1-9(17)15-19-13-8-11(18)4-7-14(13)20(15)12-5-2-10(16)3-6-12/h2-9H,1H3. The molecule has 1 aromatic heterocycles. The van der Waals surface area contributed by atoms with Gasteiger partial charge >= 0.3 is 0 Å². The summed E-state index contributed by atoms with van der Waals surface area (Å²) in [6.45, 7) is 1.92. The highest BCUT2D eigenvalue weighted by atomic mass is 79.9. The van der Waals surface area contributed by atoms with Crippen molar-refractivity contribution in [3.63, 3.8) is 0 Å². The number of benzene rings is 2. The van der Waals surface area contributed by atoms with Crippen LogP contribution in [0.15, 0.2) is 46.9 Å². The van der Waals surface area contributed by atoms with Crippen molar-refractivity contribution >= 4 is 50.2 Å². The Morgan fingerprint density at radius 1 is 1.15 bits per heavy atom. The van der Waals surface area contributed by atoms with E-state index in [1.54, 1.807) is 0 Å². The molecule has 0 aliphatic rings. The normalized spacial score (nSPS) is 12.8. The average Bonchev–Trinajstić information content (AvgIpc) is 2.78. The molecule has 102 valence electrons. The van der Waals surface area contributed by atoms with Crippen LogP contribution in [0.4, 0.5) is 0 Å². The third-order valence-electron chi connectivity index (χ3n) is 3.08. The van der Waals surface area contributed by atoms with Crippen LogP contribution >= 0.6 is 39.1 Å². The minimum Gasteiger partial charge on any atom is -0.295 e. The number of nitrogens with zero attached hydrogens (tertiary/aromatic N) is 2. The molecule has 0 amide bonds. The van der Waals surface area contributed by atoms with Crippen molar-refractivity contribution in [1.82, 2.24) is 9.55 Å². The fourth-order valence-electron chi connectivity index (χ4n) is 2.20. The predicted molar refractivity (Wildman–Crippen MR) is 88.0 cm³/mol. The van der Waals surface area contributed by atoms with E-state index in [2.05, 4.69) is 25.5 Å². The van der Waals surface area contributed by atoms with Gasteiger partial charge in [0.2, 0.25) is 0 Å². The van der Waals surface area contributed by atoms with Gasteiger partial charge in [-0.2, -0.15) is 0 Å². The number of hydrogen-bond acceptors (Lipinski definition) is 1. The Kier molecular flexibility index (Phi) is 3.76. The Labute approximate surface area is 135 Å². The SMILES string of the molecule is CC(Cl)c1nc2cc(Cl)ccc2n1-c1ccc(Br)cc1. The van der Waals surface area contributed by atoms with Crippen molar-refractivity contribution in [2.75, 3.05) is 0 Å². The zero-order valence-corrected chi connectivity index (χ0v) is 13.7.